The first-order valence-corrected chi connectivity index (χ1v) is 7.85. The standard InChI is InChI=1S/C12H22N2S2/c1-10(6-7-15-3)14(2)9-12-5-4-11(8-13)16-12/h4-5,10H,6-9,13H2,1-3H3. The molecule has 1 unspecified atom stereocenters. The zero-order valence-electron chi connectivity index (χ0n) is 10.4. The van der Waals surface area contributed by atoms with E-state index in [-0.39, 0.29) is 0 Å². The van der Waals surface area contributed by atoms with Crippen molar-refractivity contribution in [1.82, 2.24) is 4.90 Å². The van der Waals surface area contributed by atoms with Gasteiger partial charge in [0.15, 0.2) is 0 Å². The minimum atomic E-state index is 0.649. The first-order chi connectivity index (χ1) is 7.67. The lowest BCUT2D eigenvalue weighted by atomic mass is 10.2. The van der Waals surface area contributed by atoms with Gasteiger partial charge in [-0.2, -0.15) is 11.8 Å². The molecule has 0 aliphatic rings. The lowest BCUT2D eigenvalue weighted by molar-refractivity contribution is 0.247. The fourth-order valence-corrected chi connectivity index (χ4v) is 3.06. The Kier molecular flexibility index (Phi) is 6.43. The van der Waals surface area contributed by atoms with E-state index < -0.39 is 0 Å². The second-order valence-corrected chi connectivity index (χ2v) is 6.36. The van der Waals surface area contributed by atoms with E-state index in [1.165, 1.54) is 21.9 Å². The van der Waals surface area contributed by atoms with E-state index in [1.54, 1.807) is 0 Å². The highest BCUT2D eigenvalue weighted by molar-refractivity contribution is 7.98. The molecule has 0 spiro atoms. The summed E-state index contributed by atoms with van der Waals surface area (Å²) in [4.78, 5) is 5.11. The topological polar surface area (TPSA) is 29.3 Å². The smallest absolute Gasteiger partial charge is 0.0327 e. The number of hydrogen-bond donors (Lipinski definition) is 1. The van der Waals surface area contributed by atoms with E-state index in [4.69, 9.17) is 5.73 Å². The van der Waals surface area contributed by atoms with Crippen LogP contribution >= 0.6 is 23.1 Å². The molecular weight excluding hydrogens is 236 g/mol. The molecule has 0 amide bonds. The first kappa shape index (κ1) is 14.0. The fourth-order valence-electron chi connectivity index (χ4n) is 1.53. The van der Waals surface area contributed by atoms with Crippen LogP contribution in [0.3, 0.4) is 0 Å². The van der Waals surface area contributed by atoms with Crippen molar-refractivity contribution in [2.24, 2.45) is 5.73 Å². The Morgan fingerprint density at radius 2 is 2.12 bits per heavy atom. The van der Waals surface area contributed by atoms with Gasteiger partial charge in [0, 0.05) is 28.9 Å². The summed E-state index contributed by atoms with van der Waals surface area (Å²) in [6.45, 7) is 4.00. The van der Waals surface area contributed by atoms with E-state index in [0.717, 1.165) is 6.54 Å². The van der Waals surface area contributed by atoms with E-state index in [2.05, 4.69) is 37.3 Å². The fraction of sp³-hybridized carbons (Fsp3) is 0.667. The molecule has 0 fully saturated rings. The number of rotatable bonds is 7. The van der Waals surface area contributed by atoms with E-state index in [0.29, 0.717) is 12.6 Å². The summed E-state index contributed by atoms with van der Waals surface area (Å²) in [6, 6.07) is 4.99. The van der Waals surface area contributed by atoms with Crippen LogP contribution in [0.4, 0.5) is 0 Å². The van der Waals surface area contributed by atoms with E-state index >= 15 is 0 Å². The zero-order chi connectivity index (χ0) is 12.0. The van der Waals surface area contributed by atoms with Gasteiger partial charge < -0.3 is 5.73 Å². The van der Waals surface area contributed by atoms with Crippen LogP contribution in [0.5, 0.6) is 0 Å². The Bertz CT molecular complexity index is 299. The first-order valence-electron chi connectivity index (χ1n) is 5.64. The summed E-state index contributed by atoms with van der Waals surface area (Å²) < 4.78 is 0. The Balaban J connectivity index is 2.40. The van der Waals surface area contributed by atoms with Crippen LogP contribution in [0.25, 0.3) is 0 Å². The summed E-state index contributed by atoms with van der Waals surface area (Å²) in [5, 5.41) is 0. The molecule has 0 aliphatic heterocycles. The van der Waals surface area contributed by atoms with Crippen LogP contribution < -0.4 is 5.73 Å². The number of nitrogens with zero attached hydrogens (tertiary/aromatic N) is 1. The van der Waals surface area contributed by atoms with Crippen molar-refractivity contribution in [2.75, 3.05) is 19.1 Å². The van der Waals surface area contributed by atoms with Gasteiger partial charge in [-0.05, 0) is 44.5 Å². The van der Waals surface area contributed by atoms with Crippen LogP contribution in [0.15, 0.2) is 12.1 Å². The Labute approximate surface area is 107 Å². The summed E-state index contributed by atoms with van der Waals surface area (Å²) in [7, 11) is 2.20. The third-order valence-electron chi connectivity index (χ3n) is 2.82. The average Bonchev–Trinajstić information content (AvgIpc) is 2.73. The molecule has 0 saturated carbocycles. The lowest BCUT2D eigenvalue weighted by Crippen LogP contribution is -2.28. The van der Waals surface area contributed by atoms with Crippen LogP contribution in [0.2, 0.25) is 0 Å². The van der Waals surface area contributed by atoms with E-state index in [9.17, 15) is 0 Å². The van der Waals surface area contributed by atoms with E-state index in [1.807, 2.05) is 23.1 Å². The van der Waals surface area contributed by atoms with Gasteiger partial charge in [-0.3, -0.25) is 4.90 Å². The highest BCUT2D eigenvalue weighted by atomic mass is 32.2. The molecule has 16 heavy (non-hydrogen) atoms. The van der Waals surface area contributed by atoms with Gasteiger partial charge in [0.05, 0.1) is 0 Å². The predicted molar refractivity (Wildman–Crippen MR) is 76.1 cm³/mol. The third kappa shape index (κ3) is 4.45. The van der Waals surface area contributed by atoms with Crippen molar-refractivity contribution >= 4 is 23.1 Å². The molecule has 92 valence electrons. The van der Waals surface area contributed by atoms with Crippen molar-refractivity contribution in [3.8, 4) is 0 Å². The second kappa shape index (κ2) is 7.33. The molecule has 1 aromatic heterocycles. The number of nitrogens with two attached hydrogens (primary N) is 1. The zero-order valence-corrected chi connectivity index (χ0v) is 12.0. The Morgan fingerprint density at radius 1 is 1.44 bits per heavy atom. The molecule has 0 aliphatic carbocycles. The van der Waals surface area contributed by atoms with Gasteiger partial charge in [-0.15, -0.1) is 11.3 Å². The third-order valence-corrected chi connectivity index (χ3v) is 4.55. The normalized spacial score (nSPS) is 13.3. The molecule has 0 radical (unpaired) electrons. The molecule has 4 heteroatoms. The van der Waals surface area contributed by atoms with Crippen molar-refractivity contribution in [2.45, 2.75) is 32.5 Å². The molecule has 1 rings (SSSR count). The van der Waals surface area contributed by atoms with Gasteiger partial charge in [-0.1, -0.05) is 0 Å². The molecule has 0 saturated heterocycles. The molecule has 2 nitrogen and oxygen atoms in total. The molecule has 0 aromatic carbocycles. The van der Waals surface area contributed by atoms with Crippen molar-refractivity contribution in [3.05, 3.63) is 21.9 Å². The Hall–Kier alpha value is -0.0300. The summed E-state index contributed by atoms with van der Waals surface area (Å²) >= 11 is 3.75. The van der Waals surface area contributed by atoms with Gasteiger partial charge in [-0.25, -0.2) is 0 Å². The largest absolute Gasteiger partial charge is 0.326 e. The predicted octanol–water partition coefficient (Wildman–Crippen LogP) is 2.78. The number of thioether (sulfide) groups is 1. The Morgan fingerprint density at radius 3 is 2.69 bits per heavy atom. The molecule has 2 N–H and O–H groups in total. The maximum absolute atomic E-state index is 5.61. The van der Waals surface area contributed by atoms with Gasteiger partial charge in [0.25, 0.3) is 0 Å². The van der Waals surface area contributed by atoms with Gasteiger partial charge in [0.2, 0.25) is 0 Å². The number of thiophene rings is 1. The van der Waals surface area contributed by atoms with Crippen molar-refractivity contribution in [1.29, 1.82) is 0 Å². The molecule has 0 bridgehead atoms. The highest BCUT2D eigenvalue weighted by Crippen LogP contribution is 2.19. The quantitative estimate of drug-likeness (QED) is 0.815. The molecular formula is C12H22N2S2. The summed E-state index contributed by atoms with van der Waals surface area (Å²) in [5.74, 6) is 1.24. The van der Waals surface area contributed by atoms with Crippen LogP contribution in [-0.4, -0.2) is 30.0 Å². The average molecular weight is 258 g/mol. The highest BCUT2D eigenvalue weighted by Gasteiger charge is 2.10. The minimum absolute atomic E-state index is 0.649. The van der Waals surface area contributed by atoms with Crippen molar-refractivity contribution in [3.63, 3.8) is 0 Å². The summed E-state index contributed by atoms with van der Waals surface area (Å²) in [5.41, 5.74) is 5.61. The maximum Gasteiger partial charge on any atom is 0.0327 e. The molecule has 1 heterocycles. The molecule has 1 atom stereocenters. The summed E-state index contributed by atoms with van der Waals surface area (Å²) in [6.07, 6.45) is 3.42. The van der Waals surface area contributed by atoms with Crippen LogP contribution in [0, 0.1) is 0 Å². The van der Waals surface area contributed by atoms with Crippen LogP contribution in [-0.2, 0) is 13.1 Å². The molecule has 1 aromatic rings. The maximum atomic E-state index is 5.61. The SMILES string of the molecule is CSCCC(C)N(C)Cc1ccc(CN)s1. The lowest BCUT2D eigenvalue weighted by Gasteiger charge is -2.23. The van der Waals surface area contributed by atoms with Crippen LogP contribution in [0.1, 0.15) is 23.1 Å². The minimum Gasteiger partial charge on any atom is -0.326 e. The monoisotopic (exact) mass is 258 g/mol. The van der Waals surface area contributed by atoms with Crippen molar-refractivity contribution < 1.29 is 0 Å². The second-order valence-electron chi connectivity index (χ2n) is 4.12. The van der Waals surface area contributed by atoms with Gasteiger partial charge >= 0.3 is 0 Å². The number of hydrogen-bond acceptors (Lipinski definition) is 4. The van der Waals surface area contributed by atoms with Gasteiger partial charge in [0.1, 0.15) is 0 Å².